The highest BCUT2D eigenvalue weighted by Crippen LogP contribution is 2.43. The van der Waals surface area contributed by atoms with E-state index in [9.17, 15) is 13.2 Å². The largest absolute Gasteiger partial charge is 0.349 e. The van der Waals surface area contributed by atoms with Crippen molar-refractivity contribution in [1.29, 1.82) is 0 Å². The zero-order valence-electron chi connectivity index (χ0n) is 15.5. The van der Waals surface area contributed by atoms with Crippen LogP contribution in [0.25, 0.3) is 10.3 Å². The first kappa shape index (κ1) is 18.8. The monoisotopic (exact) mass is 407 g/mol. The molecule has 2 heterocycles. The molecule has 0 atom stereocenters. The summed E-state index contributed by atoms with van der Waals surface area (Å²) in [7, 11) is -2.89. The number of hydrogen-bond acceptors (Lipinski definition) is 6. The molecule has 27 heavy (non-hydrogen) atoms. The van der Waals surface area contributed by atoms with Crippen molar-refractivity contribution in [3.05, 3.63) is 22.8 Å². The summed E-state index contributed by atoms with van der Waals surface area (Å²) in [5.41, 5.74) is 1.33. The molecular formula is C19H25N3O3S2. The summed E-state index contributed by atoms with van der Waals surface area (Å²) >= 11 is 1.65. The summed E-state index contributed by atoms with van der Waals surface area (Å²) in [5, 5.41) is 4.26. The minimum absolute atomic E-state index is 0.0784. The van der Waals surface area contributed by atoms with Gasteiger partial charge in [0.1, 0.15) is 9.84 Å². The van der Waals surface area contributed by atoms with Crippen molar-refractivity contribution in [2.45, 2.75) is 56.9 Å². The fourth-order valence-electron chi connectivity index (χ4n) is 3.71. The molecule has 2 aromatic heterocycles. The maximum Gasteiger partial charge on any atom is 0.253 e. The number of hydrogen-bond donors (Lipinski definition) is 1. The van der Waals surface area contributed by atoms with Crippen LogP contribution in [0.4, 0.5) is 0 Å². The normalized spacial score (nSPS) is 23.4. The number of thiazole rings is 1. The minimum Gasteiger partial charge on any atom is -0.349 e. The van der Waals surface area contributed by atoms with Gasteiger partial charge in [-0.05, 0) is 56.9 Å². The second kappa shape index (κ2) is 7.47. The number of pyridine rings is 1. The van der Waals surface area contributed by atoms with E-state index in [0.717, 1.165) is 47.5 Å². The van der Waals surface area contributed by atoms with E-state index in [1.165, 1.54) is 19.1 Å². The van der Waals surface area contributed by atoms with Crippen molar-refractivity contribution < 1.29 is 13.2 Å². The summed E-state index contributed by atoms with van der Waals surface area (Å²) < 4.78 is 23.6. The molecule has 2 aliphatic carbocycles. The lowest BCUT2D eigenvalue weighted by Crippen LogP contribution is -2.37. The average Bonchev–Trinajstić information content (AvgIpc) is 3.39. The van der Waals surface area contributed by atoms with Crippen molar-refractivity contribution in [2.75, 3.05) is 12.0 Å². The number of sulfone groups is 1. The number of rotatable bonds is 6. The molecule has 0 bridgehead atoms. The number of carbonyl (C=O) groups excluding carboxylic acids is 1. The van der Waals surface area contributed by atoms with E-state index in [2.05, 4.69) is 15.3 Å². The molecule has 6 nitrogen and oxygen atoms in total. The molecule has 1 amide bonds. The highest BCUT2D eigenvalue weighted by atomic mass is 32.2. The third-order valence-corrected chi connectivity index (χ3v) is 7.66. The van der Waals surface area contributed by atoms with Crippen LogP contribution in [0.15, 0.2) is 12.3 Å². The van der Waals surface area contributed by atoms with E-state index >= 15 is 0 Å². The first-order chi connectivity index (χ1) is 12.9. The van der Waals surface area contributed by atoms with E-state index in [4.69, 9.17) is 0 Å². The predicted molar refractivity (Wildman–Crippen MR) is 107 cm³/mol. The molecule has 2 aliphatic rings. The van der Waals surface area contributed by atoms with Crippen LogP contribution >= 0.6 is 11.3 Å². The van der Waals surface area contributed by atoms with E-state index in [1.807, 2.05) is 6.07 Å². The molecular weight excluding hydrogens is 382 g/mol. The molecule has 0 unspecified atom stereocenters. The van der Waals surface area contributed by atoms with Crippen LogP contribution in [0.3, 0.4) is 0 Å². The molecule has 0 spiro atoms. The molecule has 0 radical (unpaired) electrons. The highest BCUT2D eigenvalue weighted by Gasteiger charge is 2.28. The van der Waals surface area contributed by atoms with Gasteiger partial charge in [0.25, 0.3) is 5.91 Å². The Morgan fingerprint density at radius 1 is 1.22 bits per heavy atom. The Balaban J connectivity index is 1.32. The van der Waals surface area contributed by atoms with Crippen LogP contribution in [0.5, 0.6) is 0 Å². The lowest BCUT2D eigenvalue weighted by atomic mass is 9.84. The van der Waals surface area contributed by atoms with E-state index < -0.39 is 9.84 Å². The first-order valence-electron chi connectivity index (χ1n) is 9.62. The van der Waals surface area contributed by atoms with Gasteiger partial charge in [-0.1, -0.05) is 0 Å². The molecule has 2 saturated carbocycles. The van der Waals surface area contributed by atoms with Gasteiger partial charge in [-0.25, -0.2) is 18.4 Å². The lowest BCUT2D eigenvalue weighted by Gasteiger charge is -2.29. The summed E-state index contributed by atoms with van der Waals surface area (Å²) in [6.45, 7) is 0. The predicted octanol–water partition coefficient (Wildman–Crippen LogP) is 3.29. The zero-order chi connectivity index (χ0) is 19.0. The minimum atomic E-state index is -2.89. The van der Waals surface area contributed by atoms with Gasteiger partial charge in [0.15, 0.2) is 5.65 Å². The van der Waals surface area contributed by atoms with Gasteiger partial charge in [0.05, 0.1) is 21.0 Å². The molecule has 0 aromatic carbocycles. The third-order valence-electron chi connectivity index (χ3n) is 5.53. The van der Waals surface area contributed by atoms with Crippen molar-refractivity contribution in [3.63, 3.8) is 0 Å². The maximum absolute atomic E-state index is 12.6. The number of nitrogens with one attached hydrogen (secondary N) is 1. The second-order valence-corrected chi connectivity index (χ2v) is 11.3. The number of aromatic nitrogens is 2. The third kappa shape index (κ3) is 4.85. The fraction of sp³-hybridized carbons (Fsp3) is 0.632. The zero-order valence-corrected chi connectivity index (χ0v) is 17.1. The van der Waals surface area contributed by atoms with Crippen molar-refractivity contribution >= 4 is 37.4 Å². The Hall–Kier alpha value is -1.54. The Morgan fingerprint density at radius 3 is 2.63 bits per heavy atom. The Labute approximate surface area is 163 Å². The van der Waals surface area contributed by atoms with Crippen molar-refractivity contribution in [3.8, 4) is 0 Å². The summed E-state index contributed by atoms with van der Waals surface area (Å²) in [4.78, 5) is 21.5. The molecule has 1 N–H and O–H groups in total. The van der Waals surface area contributed by atoms with Crippen LogP contribution < -0.4 is 5.32 Å². The first-order valence-corrected chi connectivity index (χ1v) is 12.5. The number of fused-ring (bicyclic) bond motifs is 1. The fourth-order valence-corrected chi connectivity index (χ4v) is 5.61. The van der Waals surface area contributed by atoms with Gasteiger partial charge in [-0.15, -0.1) is 11.3 Å². The van der Waals surface area contributed by atoms with Gasteiger partial charge < -0.3 is 5.32 Å². The number of carbonyl (C=O) groups is 1. The van der Waals surface area contributed by atoms with E-state index in [1.54, 1.807) is 17.5 Å². The molecule has 8 heteroatoms. The van der Waals surface area contributed by atoms with Gasteiger partial charge in [0, 0.05) is 24.4 Å². The van der Waals surface area contributed by atoms with Gasteiger partial charge in [-0.3, -0.25) is 4.79 Å². The quantitative estimate of drug-likeness (QED) is 0.794. The summed E-state index contributed by atoms with van der Waals surface area (Å²) in [6.07, 6.45) is 9.81. The topological polar surface area (TPSA) is 89.0 Å². The Morgan fingerprint density at radius 2 is 1.96 bits per heavy atom. The Bertz CT molecular complexity index is 942. The van der Waals surface area contributed by atoms with Crippen LogP contribution in [0.2, 0.25) is 0 Å². The SMILES string of the molecule is CS(=O)(=O)CC[C@H]1CC[C@H](NC(=O)c2cnc3nc(C4CC4)sc3c2)CC1. The molecule has 0 saturated heterocycles. The van der Waals surface area contributed by atoms with E-state index in [0.29, 0.717) is 17.4 Å². The maximum atomic E-state index is 12.6. The molecule has 0 aliphatic heterocycles. The number of nitrogens with zero attached hydrogens (tertiary/aromatic N) is 2. The molecule has 2 aromatic rings. The summed E-state index contributed by atoms with van der Waals surface area (Å²) in [6, 6.07) is 2.06. The highest BCUT2D eigenvalue weighted by molar-refractivity contribution is 7.90. The Kier molecular flexibility index (Phi) is 5.20. The molecule has 146 valence electrons. The number of amides is 1. The van der Waals surface area contributed by atoms with Crippen molar-refractivity contribution in [1.82, 2.24) is 15.3 Å². The van der Waals surface area contributed by atoms with Crippen molar-refractivity contribution in [2.24, 2.45) is 5.92 Å². The van der Waals surface area contributed by atoms with Gasteiger partial charge in [0.2, 0.25) is 0 Å². The molecule has 2 fully saturated rings. The second-order valence-electron chi connectivity index (χ2n) is 7.98. The van der Waals surface area contributed by atoms with Crippen LogP contribution in [-0.2, 0) is 9.84 Å². The average molecular weight is 408 g/mol. The standard InChI is InChI=1S/C19H25N3O3S2/c1-27(24,25)9-8-12-2-6-15(7-3-12)21-18(23)14-10-16-17(20-11-14)22-19(26-16)13-4-5-13/h10-13,15H,2-9H2,1H3,(H,21,23)/t12-,15-. The van der Waals surface area contributed by atoms with Gasteiger partial charge >= 0.3 is 0 Å². The van der Waals surface area contributed by atoms with E-state index in [-0.39, 0.29) is 17.7 Å². The van der Waals surface area contributed by atoms with Crippen LogP contribution in [0.1, 0.15) is 66.2 Å². The van der Waals surface area contributed by atoms with Crippen LogP contribution in [0, 0.1) is 5.92 Å². The van der Waals surface area contributed by atoms with Crippen LogP contribution in [-0.4, -0.2) is 42.3 Å². The summed E-state index contributed by atoms with van der Waals surface area (Å²) in [5.74, 6) is 1.23. The van der Waals surface area contributed by atoms with Gasteiger partial charge in [-0.2, -0.15) is 0 Å². The lowest BCUT2D eigenvalue weighted by molar-refractivity contribution is 0.0921. The molecule has 4 rings (SSSR count). The smallest absolute Gasteiger partial charge is 0.253 e.